The predicted molar refractivity (Wildman–Crippen MR) is 140 cm³/mol. The molecule has 3 aliphatic carbocycles. The summed E-state index contributed by atoms with van der Waals surface area (Å²) in [5.41, 5.74) is 6.16. The Bertz CT molecular complexity index is 1000. The van der Waals surface area contributed by atoms with Crippen molar-refractivity contribution in [2.75, 3.05) is 20.8 Å². The molecule has 0 bridgehead atoms. The second kappa shape index (κ2) is 12.8. The zero-order valence-electron chi connectivity index (χ0n) is 23.1. The largest absolute Gasteiger partial charge is 0.381 e. The summed E-state index contributed by atoms with van der Waals surface area (Å²) in [5, 5.41) is 11.6. The van der Waals surface area contributed by atoms with Crippen molar-refractivity contribution in [1.29, 1.82) is 5.41 Å². The fraction of sp³-hybridized carbons (Fsp3) is 0.821. The normalized spacial score (nSPS) is 36.1. The molecule has 2 amide bonds. The Morgan fingerprint density at radius 3 is 2.34 bits per heavy atom. The van der Waals surface area contributed by atoms with E-state index in [1.165, 1.54) is 0 Å². The minimum atomic E-state index is -0.990. The van der Waals surface area contributed by atoms with Gasteiger partial charge in [-0.25, -0.2) is 4.39 Å². The van der Waals surface area contributed by atoms with E-state index in [-0.39, 0.29) is 48.2 Å². The second-order valence-electron chi connectivity index (χ2n) is 12.0. The average molecular weight is 536 g/mol. The molecule has 1 aromatic heterocycles. The Balaban J connectivity index is 1.46. The van der Waals surface area contributed by atoms with Crippen molar-refractivity contribution >= 4 is 11.8 Å². The summed E-state index contributed by atoms with van der Waals surface area (Å²) in [5.74, 6) is -0.451. The molecule has 9 nitrogen and oxygen atoms in total. The number of aromatic nitrogens is 2. The summed E-state index contributed by atoms with van der Waals surface area (Å²) in [6.07, 6.45) is 9.25. The van der Waals surface area contributed by atoms with E-state index in [2.05, 4.69) is 5.32 Å². The summed E-state index contributed by atoms with van der Waals surface area (Å²) < 4.78 is 29.1. The third-order valence-electron chi connectivity index (χ3n) is 9.50. The number of hydrogen-bond donors (Lipinski definition) is 3. The number of hydrogen-bond acceptors (Lipinski definition) is 5. The van der Waals surface area contributed by atoms with Gasteiger partial charge in [-0.3, -0.25) is 15.0 Å². The Kier molecular flexibility index (Phi) is 9.68. The maximum Gasteiger partial charge on any atom is 0.223 e. The minimum absolute atomic E-state index is 0.00267. The fourth-order valence-corrected chi connectivity index (χ4v) is 7.45. The molecule has 214 valence electrons. The number of methoxy groups -OCH3 is 2. The molecule has 0 radical (unpaired) electrons. The summed E-state index contributed by atoms with van der Waals surface area (Å²) in [6, 6.07) is 0. The Morgan fingerprint density at radius 1 is 1.03 bits per heavy atom. The molecule has 1 aromatic rings. The van der Waals surface area contributed by atoms with Crippen LogP contribution in [0.4, 0.5) is 4.39 Å². The van der Waals surface area contributed by atoms with E-state index in [1.807, 2.05) is 24.0 Å². The van der Waals surface area contributed by atoms with E-state index >= 15 is 0 Å². The number of amides is 2. The summed E-state index contributed by atoms with van der Waals surface area (Å²) in [7, 11) is 5.30. The zero-order valence-corrected chi connectivity index (χ0v) is 23.1. The van der Waals surface area contributed by atoms with Gasteiger partial charge in [-0.05, 0) is 81.5 Å². The van der Waals surface area contributed by atoms with Crippen LogP contribution in [0.15, 0.2) is 12.4 Å². The van der Waals surface area contributed by atoms with Crippen LogP contribution in [0.3, 0.4) is 0 Å². The van der Waals surface area contributed by atoms with Gasteiger partial charge < -0.3 is 29.7 Å². The van der Waals surface area contributed by atoms with Crippen molar-refractivity contribution in [3.63, 3.8) is 0 Å². The maximum absolute atomic E-state index is 14.2. The standard InChI is InChI=1S/C28H46FN5O4/c1-33-6-7-34(28(33)31)16-18-8-19(24-5-4-21(29)13-25(24)26(30)35)12-20(9-18)27(36)32-15-17-10-22(37-2)14-23(11-17)38-3/h6-7,17-25,31H,4-5,8-16H2,1-3H3,(H2,30,35)(H,32,36). The Morgan fingerprint density at radius 2 is 1.74 bits per heavy atom. The first-order valence-electron chi connectivity index (χ1n) is 14.2. The van der Waals surface area contributed by atoms with Crippen LogP contribution in [0.5, 0.6) is 0 Å². The van der Waals surface area contributed by atoms with Crippen molar-refractivity contribution < 1.29 is 23.5 Å². The quantitative estimate of drug-likeness (QED) is 0.449. The molecule has 4 rings (SSSR count). The lowest BCUT2D eigenvalue weighted by Crippen LogP contribution is -2.45. The first-order valence-corrected chi connectivity index (χ1v) is 14.2. The van der Waals surface area contributed by atoms with Gasteiger partial charge in [0.25, 0.3) is 0 Å². The van der Waals surface area contributed by atoms with Gasteiger partial charge in [-0.2, -0.15) is 0 Å². The van der Waals surface area contributed by atoms with Crippen LogP contribution in [0.25, 0.3) is 0 Å². The molecule has 0 spiro atoms. The number of aryl methyl sites for hydroxylation is 1. The molecule has 0 aliphatic heterocycles. The number of carbonyl (C=O) groups is 2. The van der Waals surface area contributed by atoms with E-state index in [0.717, 1.165) is 32.1 Å². The molecular formula is C28H46FN5O4. The van der Waals surface area contributed by atoms with Crippen molar-refractivity contribution in [2.24, 2.45) is 48.3 Å². The molecule has 38 heavy (non-hydrogen) atoms. The smallest absolute Gasteiger partial charge is 0.223 e. The number of alkyl halides is 1. The van der Waals surface area contributed by atoms with Gasteiger partial charge in [0.1, 0.15) is 6.17 Å². The summed E-state index contributed by atoms with van der Waals surface area (Å²) in [4.78, 5) is 25.8. The van der Waals surface area contributed by atoms with Crippen molar-refractivity contribution in [3.05, 3.63) is 18.0 Å². The summed E-state index contributed by atoms with van der Waals surface area (Å²) >= 11 is 0. The highest BCUT2D eigenvalue weighted by Gasteiger charge is 2.43. The van der Waals surface area contributed by atoms with Crippen LogP contribution in [-0.2, 0) is 32.7 Å². The first kappa shape index (κ1) is 28.8. The predicted octanol–water partition coefficient (Wildman–Crippen LogP) is 2.52. The Hall–Kier alpha value is -2.20. The molecule has 8 unspecified atom stereocenters. The lowest BCUT2D eigenvalue weighted by atomic mass is 9.63. The minimum Gasteiger partial charge on any atom is -0.381 e. The number of nitrogens with zero attached hydrogens (tertiary/aromatic N) is 2. The van der Waals surface area contributed by atoms with Crippen molar-refractivity contribution in [1.82, 2.24) is 14.5 Å². The van der Waals surface area contributed by atoms with Crippen LogP contribution >= 0.6 is 0 Å². The van der Waals surface area contributed by atoms with Gasteiger partial charge in [0.05, 0.1) is 12.2 Å². The van der Waals surface area contributed by atoms with Gasteiger partial charge in [0.15, 0.2) is 0 Å². The van der Waals surface area contributed by atoms with E-state index in [4.69, 9.17) is 20.6 Å². The molecule has 4 N–H and O–H groups in total. The highest BCUT2D eigenvalue weighted by molar-refractivity contribution is 5.79. The van der Waals surface area contributed by atoms with Crippen LogP contribution in [-0.4, -0.2) is 60.1 Å². The van der Waals surface area contributed by atoms with Gasteiger partial charge >= 0.3 is 0 Å². The molecule has 3 aliphatic rings. The molecular weight excluding hydrogens is 489 g/mol. The first-order chi connectivity index (χ1) is 18.2. The lowest BCUT2D eigenvalue weighted by Gasteiger charge is -2.43. The molecule has 1 heterocycles. The topological polar surface area (TPSA) is 124 Å². The lowest BCUT2D eigenvalue weighted by molar-refractivity contribution is -0.130. The highest BCUT2D eigenvalue weighted by atomic mass is 19.1. The number of rotatable bonds is 9. The molecule has 8 atom stereocenters. The molecule has 0 saturated heterocycles. The highest BCUT2D eigenvalue weighted by Crippen LogP contribution is 2.46. The molecule has 3 saturated carbocycles. The maximum atomic E-state index is 14.2. The van der Waals surface area contributed by atoms with Crippen LogP contribution in [0.2, 0.25) is 0 Å². The summed E-state index contributed by atoms with van der Waals surface area (Å²) in [6.45, 7) is 1.23. The average Bonchev–Trinajstić information content (AvgIpc) is 3.23. The number of nitrogens with two attached hydrogens (primary N) is 1. The second-order valence-corrected chi connectivity index (χ2v) is 12.0. The van der Waals surface area contributed by atoms with Crippen molar-refractivity contribution in [3.8, 4) is 0 Å². The molecule has 10 heteroatoms. The molecule has 3 fully saturated rings. The van der Waals surface area contributed by atoms with Crippen LogP contribution in [0.1, 0.15) is 57.8 Å². The number of imidazole rings is 1. The van der Waals surface area contributed by atoms with Gasteiger partial charge in [-0.15, -0.1) is 0 Å². The number of nitrogens with one attached hydrogen (secondary N) is 2. The van der Waals surface area contributed by atoms with Gasteiger partial charge in [-0.1, -0.05) is 0 Å². The fourth-order valence-electron chi connectivity index (χ4n) is 7.45. The van der Waals surface area contributed by atoms with E-state index in [1.54, 1.807) is 18.8 Å². The number of primary amides is 1. The third-order valence-corrected chi connectivity index (χ3v) is 9.50. The number of halogens is 1. The van der Waals surface area contributed by atoms with Gasteiger partial charge in [0, 0.05) is 58.6 Å². The van der Waals surface area contributed by atoms with E-state index in [0.29, 0.717) is 43.9 Å². The third kappa shape index (κ3) is 6.86. The van der Waals surface area contributed by atoms with Gasteiger partial charge in [0.2, 0.25) is 17.4 Å². The zero-order chi connectivity index (χ0) is 27.4. The molecule has 0 aromatic carbocycles. The van der Waals surface area contributed by atoms with Crippen LogP contribution < -0.4 is 16.7 Å². The number of ether oxygens (including phenoxy) is 2. The monoisotopic (exact) mass is 535 g/mol. The van der Waals surface area contributed by atoms with E-state index < -0.39 is 18.0 Å². The SMILES string of the molecule is COC1CC(CNC(=O)C2CC(Cn3ccn(C)c3=N)CC(C3CCC(F)CC3C(N)=O)C2)CC(OC)C1. The van der Waals surface area contributed by atoms with Crippen LogP contribution in [0, 0.1) is 40.9 Å². The van der Waals surface area contributed by atoms with Crippen molar-refractivity contribution in [2.45, 2.75) is 82.7 Å². The Labute approximate surface area is 225 Å². The van der Waals surface area contributed by atoms with E-state index in [9.17, 15) is 14.0 Å². The number of carbonyl (C=O) groups excluding carboxylic acids is 2.